The Hall–Kier alpha value is -4.24. The number of nitrogens with zero attached hydrogens (tertiary/aromatic N) is 3. The van der Waals surface area contributed by atoms with Gasteiger partial charge in [0.15, 0.2) is 0 Å². The number of amides is 2. The summed E-state index contributed by atoms with van der Waals surface area (Å²) in [5.41, 5.74) is 2.90. The molecule has 4 heterocycles. The first-order valence-corrected chi connectivity index (χ1v) is 14.9. The minimum atomic E-state index is -0.968. The Morgan fingerprint density at radius 2 is 1.70 bits per heavy atom. The van der Waals surface area contributed by atoms with Gasteiger partial charge in [-0.2, -0.15) is 0 Å². The van der Waals surface area contributed by atoms with Crippen LogP contribution in [0.15, 0.2) is 60.9 Å². The molecule has 2 amide bonds. The van der Waals surface area contributed by atoms with E-state index in [-0.39, 0.29) is 18.4 Å². The SMILES string of the molecule is CC1(c2cc(F)cc(F)c2)CNC2(CCCC2)C(=O)N1Cc1cnc2cc3c(cc2c1)CC1(C3)C(=O)Nc2ncccc21. The Bertz CT molecular complexity index is 1830. The van der Waals surface area contributed by atoms with Gasteiger partial charge in [-0.15, -0.1) is 0 Å². The zero-order chi connectivity index (χ0) is 29.6. The van der Waals surface area contributed by atoms with Crippen molar-refractivity contribution >= 4 is 28.5 Å². The lowest BCUT2D eigenvalue weighted by molar-refractivity contribution is -0.152. The first-order chi connectivity index (χ1) is 20.7. The molecule has 7 nitrogen and oxygen atoms in total. The number of fused-ring (bicyclic) bond motifs is 4. The van der Waals surface area contributed by atoms with Crippen molar-refractivity contribution < 1.29 is 18.4 Å². The van der Waals surface area contributed by atoms with Crippen LogP contribution in [-0.2, 0) is 39.9 Å². The zero-order valence-corrected chi connectivity index (χ0v) is 23.8. The zero-order valence-electron chi connectivity index (χ0n) is 23.8. The normalized spacial score (nSPS) is 25.5. The fraction of sp³-hybridized carbons (Fsp3) is 0.353. The molecule has 4 aliphatic rings. The third-order valence-corrected chi connectivity index (χ3v) is 10.3. The second-order valence-electron chi connectivity index (χ2n) is 12.9. The lowest BCUT2D eigenvalue weighted by Crippen LogP contribution is -2.69. The van der Waals surface area contributed by atoms with Crippen molar-refractivity contribution in [3.8, 4) is 0 Å². The molecule has 1 saturated heterocycles. The summed E-state index contributed by atoms with van der Waals surface area (Å²) in [5.74, 6) is -0.774. The molecule has 2 aliphatic heterocycles. The van der Waals surface area contributed by atoms with E-state index < -0.39 is 28.1 Å². The van der Waals surface area contributed by atoms with Crippen LogP contribution in [0.4, 0.5) is 14.6 Å². The van der Waals surface area contributed by atoms with Crippen LogP contribution in [0.2, 0.25) is 0 Å². The summed E-state index contributed by atoms with van der Waals surface area (Å²) >= 11 is 0. The van der Waals surface area contributed by atoms with Crippen molar-refractivity contribution in [3.63, 3.8) is 0 Å². The molecule has 2 aromatic heterocycles. The maximum absolute atomic E-state index is 14.4. The van der Waals surface area contributed by atoms with Gasteiger partial charge in [-0.05, 0) is 91.3 Å². The molecule has 2 atom stereocenters. The molecule has 2 unspecified atom stereocenters. The third kappa shape index (κ3) is 3.87. The molecular weight excluding hydrogens is 548 g/mol. The number of carbonyl (C=O) groups is 2. The summed E-state index contributed by atoms with van der Waals surface area (Å²) in [6, 6.07) is 13.6. The van der Waals surface area contributed by atoms with E-state index in [9.17, 15) is 18.4 Å². The van der Waals surface area contributed by atoms with Gasteiger partial charge in [-0.3, -0.25) is 14.6 Å². The first kappa shape index (κ1) is 26.4. The van der Waals surface area contributed by atoms with Crippen molar-refractivity contribution in [2.45, 2.75) is 68.5 Å². The van der Waals surface area contributed by atoms with Crippen molar-refractivity contribution in [1.29, 1.82) is 0 Å². The number of halogens is 2. The standard InChI is InChI=1S/C34H31F2N5O2/c1-32(24-12-25(35)14-26(36)13-24)19-39-34(6-2-3-7-34)31(43)41(32)18-20-9-21-10-22-15-33(16-23(22)11-28(21)38-17-20)27-5-4-8-37-29(27)40-30(33)42/h4-5,8-14,17,39H,2-3,6-7,15-16,18-19H2,1H3,(H,37,40,42). The van der Waals surface area contributed by atoms with Crippen LogP contribution in [0.25, 0.3) is 10.9 Å². The minimum Gasteiger partial charge on any atom is -0.326 e. The van der Waals surface area contributed by atoms with Crippen molar-refractivity contribution in [3.05, 3.63) is 100 Å². The van der Waals surface area contributed by atoms with E-state index in [1.54, 1.807) is 17.3 Å². The van der Waals surface area contributed by atoms with Crippen molar-refractivity contribution in [2.24, 2.45) is 0 Å². The van der Waals surface area contributed by atoms with Crippen LogP contribution < -0.4 is 10.6 Å². The lowest BCUT2D eigenvalue weighted by Gasteiger charge is -2.52. The number of hydrogen-bond donors (Lipinski definition) is 2. The molecule has 43 heavy (non-hydrogen) atoms. The van der Waals surface area contributed by atoms with E-state index in [0.29, 0.717) is 30.8 Å². The highest BCUT2D eigenvalue weighted by atomic mass is 19.1. The van der Waals surface area contributed by atoms with Gasteiger partial charge in [-0.25, -0.2) is 13.8 Å². The molecule has 8 rings (SSSR count). The number of rotatable bonds is 3. The number of anilines is 1. The van der Waals surface area contributed by atoms with E-state index in [1.165, 1.54) is 12.1 Å². The number of nitrogens with one attached hydrogen (secondary N) is 2. The summed E-state index contributed by atoms with van der Waals surface area (Å²) in [6.07, 6.45) is 8.04. The van der Waals surface area contributed by atoms with E-state index >= 15 is 0 Å². The number of carbonyl (C=O) groups excluding carboxylic acids is 2. The molecule has 4 aromatic rings. The molecule has 9 heteroatoms. The fourth-order valence-electron chi connectivity index (χ4n) is 7.95. The maximum atomic E-state index is 14.4. The van der Waals surface area contributed by atoms with E-state index in [2.05, 4.69) is 27.8 Å². The summed E-state index contributed by atoms with van der Waals surface area (Å²) in [6.45, 7) is 2.51. The van der Waals surface area contributed by atoms with Gasteiger partial charge in [0.1, 0.15) is 17.5 Å². The van der Waals surface area contributed by atoms with Crippen molar-refractivity contribution in [2.75, 3.05) is 11.9 Å². The molecule has 2 N–H and O–H groups in total. The Morgan fingerprint density at radius 3 is 2.47 bits per heavy atom. The molecule has 0 radical (unpaired) electrons. The van der Waals surface area contributed by atoms with E-state index in [0.717, 1.165) is 64.9 Å². The summed E-state index contributed by atoms with van der Waals surface area (Å²) < 4.78 is 28.8. The molecule has 2 aromatic carbocycles. The smallest absolute Gasteiger partial charge is 0.243 e. The molecule has 2 aliphatic carbocycles. The van der Waals surface area contributed by atoms with Crippen LogP contribution in [0.5, 0.6) is 0 Å². The van der Waals surface area contributed by atoms with Gasteiger partial charge in [0.05, 0.1) is 22.0 Å². The highest BCUT2D eigenvalue weighted by Gasteiger charge is 2.54. The lowest BCUT2D eigenvalue weighted by atomic mass is 9.79. The Morgan fingerprint density at radius 1 is 0.953 bits per heavy atom. The average Bonchev–Trinajstić information content (AvgIpc) is 3.68. The highest BCUT2D eigenvalue weighted by Crippen LogP contribution is 2.47. The maximum Gasteiger partial charge on any atom is 0.243 e. The van der Waals surface area contributed by atoms with E-state index in [4.69, 9.17) is 4.98 Å². The molecular formula is C34H31F2N5O2. The van der Waals surface area contributed by atoms with Crippen LogP contribution in [0.3, 0.4) is 0 Å². The van der Waals surface area contributed by atoms with Crippen LogP contribution in [0.1, 0.15) is 60.4 Å². The Balaban J connectivity index is 1.16. The summed E-state index contributed by atoms with van der Waals surface area (Å²) in [7, 11) is 0. The van der Waals surface area contributed by atoms with Crippen LogP contribution in [-0.4, -0.2) is 38.8 Å². The largest absolute Gasteiger partial charge is 0.326 e. The summed E-state index contributed by atoms with van der Waals surface area (Å²) in [4.78, 5) is 38.3. The number of pyridine rings is 2. The van der Waals surface area contributed by atoms with Gasteiger partial charge in [0, 0.05) is 42.5 Å². The van der Waals surface area contributed by atoms with Crippen molar-refractivity contribution in [1.82, 2.24) is 20.2 Å². The van der Waals surface area contributed by atoms with E-state index in [1.807, 2.05) is 25.1 Å². The van der Waals surface area contributed by atoms with Gasteiger partial charge >= 0.3 is 0 Å². The Kier molecular flexibility index (Phi) is 5.60. The average molecular weight is 580 g/mol. The Labute approximate surface area is 247 Å². The second-order valence-corrected chi connectivity index (χ2v) is 12.9. The topological polar surface area (TPSA) is 87.2 Å². The first-order valence-electron chi connectivity index (χ1n) is 14.9. The second kappa shape index (κ2) is 9.13. The predicted octanol–water partition coefficient (Wildman–Crippen LogP) is 5.06. The molecule has 2 fully saturated rings. The number of aromatic nitrogens is 2. The predicted molar refractivity (Wildman–Crippen MR) is 157 cm³/mol. The molecule has 1 saturated carbocycles. The minimum absolute atomic E-state index is 0.0266. The molecule has 2 spiro atoms. The monoisotopic (exact) mass is 579 g/mol. The van der Waals surface area contributed by atoms with Gasteiger partial charge < -0.3 is 15.5 Å². The molecule has 218 valence electrons. The number of piperazine rings is 1. The van der Waals surface area contributed by atoms with Crippen LogP contribution >= 0.6 is 0 Å². The number of benzene rings is 2. The number of hydrogen-bond acceptors (Lipinski definition) is 5. The summed E-state index contributed by atoms with van der Waals surface area (Å²) in [5, 5.41) is 7.38. The third-order valence-electron chi connectivity index (χ3n) is 10.3. The van der Waals surface area contributed by atoms with Gasteiger partial charge in [0.25, 0.3) is 0 Å². The fourth-order valence-corrected chi connectivity index (χ4v) is 7.95. The highest BCUT2D eigenvalue weighted by molar-refractivity contribution is 6.06. The van der Waals surface area contributed by atoms with Gasteiger partial charge in [0.2, 0.25) is 11.8 Å². The van der Waals surface area contributed by atoms with Gasteiger partial charge in [-0.1, -0.05) is 18.9 Å². The van der Waals surface area contributed by atoms with Crippen LogP contribution in [0, 0.1) is 11.6 Å². The molecule has 0 bridgehead atoms. The quantitative estimate of drug-likeness (QED) is 0.355.